The lowest BCUT2D eigenvalue weighted by Gasteiger charge is -2.25. The monoisotopic (exact) mass is 468 g/mol. The fourth-order valence-electron chi connectivity index (χ4n) is 3.66. The maximum absolute atomic E-state index is 4.50. The second-order valence-corrected chi connectivity index (χ2v) is 8.16. The smallest absolute Gasteiger partial charge is 0.193 e. The molecule has 1 N–H and O–H groups in total. The summed E-state index contributed by atoms with van der Waals surface area (Å²) in [4.78, 5) is 9.45. The summed E-state index contributed by atoms with van der Waals surface area (Å²) < 4.78 is 0. The minimum Gasteiger partial charge on any atom is -0.352 e. The van der Waals surface area contributed by atoms with Gasteiger partial charge in [0.05, 0.1) is 0 Å². The number of benzene rings is 1. The largest absolute Gasteiger partial charge is 0.352 e. The Morgan fingerprint density at radius 2 is 1.81 bits per heavy atom. The molecule has 0 aromatic heterocycles. The van der Waals surface area contributed by atoms with E-state index in [-0.39, 0.29) is 29.4 Å². The predicted molar refractivity (Wildman–Crippen MR) is 121 cm³/mol. The van der Waals surface area contributed by atoms with Gasteiger partial charge < -0.3 is 10.2 Å². The molecule has 0 bridgehead atoms. The third-order valence-corrected chi connectivity index (χ3v) is 5.31. The van der Waals surface area contributed by atoms with E-state index in [1.807, 2.05) is 7.05 Å². The Labute approximate surface area is 175 Å². The van der Waals surface area contributed by atoms with E-state index < -0.39 is 0 Å². The van der Waals surface area contributed by atoms with Crippen molar-refractivity contribution in [2.45, 2.75) is 45.2 Å². The second-order valence-electron chi connectivity index (χ2n) is 8.16. The van der Waals surface area contributed by atoms with Crippen molar-refractivity contribution in [3.05, 3.63) is 47.5 Å². The number of likely N-dealkylation sites (tertiary alicyclic amines) is 1. The van der Waals surface area contributed by atoms with Gasteiger partial charge in [0.15, 0.2) is 5.96 Å². The molecular formula is C21H33IN4. The van der Waals surface area contributed by atoms with Gasteiger partial charge in [-0.3, -0.25) is 9.89 Å². The molecule has 0 amide bonds. The minimum atomic E-state index is 0. The molecule has 0 spiro atoms. The molecule has 26 heavy (non-hydrogen) atoms. The van der Waals surface area contributed by atoms with Crippen molar-refractivity contribution in [2.24, 2.45) is 4.99 Å². The quantitative estimate of drug-likeness (QED) is 0.318. The second kappa shape index (κ2) is 9.22. The van der Waals surface area contributed by atoms with Crippen LogP contribution in [0, 0.1) is 0 Å². The van der Waals surface area contributed by atoms with Crippen LogP contribution in [0.15, 0.2) is 41.4 Å². The molecule has 2 aliphatic rings. The summed E-state index contributed by atoms with van der Waals surface area (Å²) in [7, 11) is 1.88. The predicted octanol–water partition coefficient (Wildman–Crippen LogP) is 3.62. The topological polar surface area (TPSA) is 30.9 Å². The molecule has 2 heterocycles. The number of aliphatic imine (C=N–C) groups is 1. The summed E-state index contributed by atoms with van der Waals surface area (Å²) in [5.41, 5.74) is 2.88. The van der Waals surface area contributed by atoms with E-state index in [1.54, 1.807) is 0 Å². The molecule has 3 rings (SSSR count). The van der Waals surface area contributed by atoms with E-state index in [1.165, 1.54) is 17.5 Å². The average Bonchev–Trinajstić information content (AvgIpc) is 3.26. The summed E-state index contributed by atoms with van der Waals surface area (Å²) in [6, 6.07) is 9.59. The molecule has 0 aliphatic carbocycles. The normalized spacial score (nSPS) is 21.2. The molecule has 1 saturated heterocycles. The van der Waals surface area contributed by atoms with Crippen LogP contribution in [-0.2, 0) is 12.0 Å². The van der Waals surface area contributed by atoms with Gasteiger partial charge in [0.2, 0.25) is 0 Å². The number of hydrogen-bond donors (Lipinski definition) is 1. The first-order valence-corrected chi connectivity index (χ1v) is 9.41. The molecule has 144 valence electrons. The van der Waals surface area contributed by atoms with Crippen LogP contribution < -0.4 is 5.32 Å². The highest BCUT2D eigenvalue weighted by molar-refractivity contribution is 14.0. The summed E-state index contributed by atoms with van der Waals surface area (Å²) in [5, 5.41) is 3.54. The van der Waals surface area contributed by atoms with Crippen LogP contribution >= 0.6 is 24.0 Å². The summed E-state index contributed by atoms with van der Waals surface area (Å²) in [6.45, 7) is 11.9. The van der Waals surface area contributed by atoms with Gasteiger partial charge in [-0.2, -0.15) is 0 Å². The van der Waals surface area contributed by atoms with E-state index in [2.05, 4.69) is 77.3 Å². The van der Waals surface area contributed by atoms with Gasteiger partial charge in [-0.25, -0.2) is 0 Å². The molecule has 2 aliphatic heterocycles. The van der Waals surface area contributed by atoms with Gasteiger partial charge in [0.25, 0.3) is 0 Å². The minimum absolute atomic E-state index is 0. The first kappa shape index (κ1) is 21.2. The maximum Gasteiger partial charge on any atom is 0.193 e. The molecule has 1 aromatic carbocycles. The van der Waals surface area contributed by atoms with Gasteiger partial charge in [0.1, 0.15) is 0 Å². The van der Waals surface area contributed by atoms with Crippen LogP contribution in [0.2, 0.25) is 0 Å². The Morgan fingerprint density at radius 3 is 2.38 bits per heavy atom. The van der Waals surface area contributed by atoms with Crippen LogP contribution in [0.4, 0.5) is 0 Å². The number of halogens is 1. The first-order chi connectivity index (χ1) is 12.0. The Morgan fingerprint density at radius 1 is 1.15 bits per heavy atom. The van der Waals surface area contributed by atoms with Gasteiger partial charge in [0, 0.05) is 45.8 Å². The summed E-state index contributed by atoms with van der Waals surface area (Å²) in [5.74, 6) is 1.02. The molecule has 1 aromatic rings. The molecule has 0 saturated carbocycles. The van der Waals surface area contributed by atoms with Crippen molar-refractivity contribution in [1.29, 1.82) is 0 Å². The first-order valence-electron chi connectivity index (χ1n) is 9.41. The van der Waals surface area contributed by atoms with Crippen molar-refractivity contribution in [2.75, 3.05) is 33.2 Å². The van der Waals surface area contributed by atoms with Crippen molar-refractivity contribution in [1.82, 2.24) is 15.1 Å². The SMILES string of the molecule is CN=C(NCc1ccc(C(C)(C)C)cc1)N1CCC(N2CC=CC2)C1.I. The zero-order valence-electron chi connectivity index (χ0n) is 16.5. The van der Waals surface area contributed by atoms with Gasteiger partial charge in [-0.05, 0) is 23.0 Å². The lowest BCUT2D eigenvalue weighted by molar-refractivity contribution is 0.259. The maximum atomic E-state index is 4.50. The number of guanidine groups is 1. The van der Waals surface area contributed by atoms with E-state index in [0.717, 1.165) is 38.7 Å². The molecule has 1 fully saturated rings. The number of nitrogens with one attached hydrogen (secondary N) is 1. The number of hydrogen-bond acceptors (Lipinski definition) is 2. The lowest BCUT2D eigenvalue weighted by atomic mass is 9.87. The van der Waals surface area contributed by atoms with Gasteiger partial charge in [-0.1, -0.05) is 57.2 Å². The zero-order chi connectivity index (χ0) is 17.9. The van der Waals surface area contributed by atoms with Crippen molar-refractivity contribution >= 4 is 29.9 Å². The molecular weight excluding hydrogens is 435 g/mol. The molecule has 1 atom stereocenters. The fourth-order valence-corrected chi connectivity index (χ4v) is 3.66. The van der Waals surface area contributed by atoms with Gasteiger partial charge in [-0.15, -0.1) is 24.0 Å². The summed E-state index contributed by atoms with van der Waals surface area (Å²) in [6.07, 6.45) is 5.77. The van der Waals surface area contributed by atoms with Crippen LogP contribution in [-0.4, -0.2) is 55.0 Å². The summed E-state index contributed by atoms with van der Waals surface area (Å²) >= 11 is 0. The van der Waals surface area contributed by atoms with Crippen LogP contribution in [0.25, 0.3) is 0 Å². The van der Waals surface area contributed by atoms with Crippen molar-refractivity contribution in [3.63, 3.8) is 0 Å². The third kappa shape index (κ3) is 5.22. The van der Waals surface area contributed by atoms with E-state index in [0.29, 0.717) is 6.04 Å². The molecule has 1 unspecified atom stereocenters. The fraction of sp³-hybridized carbons (Fsp3) is 0.571. The number of rotatable bonds is 3. The molecule has 0 radical (unpaired) electrons. The highest BCUT2D eigenvalue weighted by Gasteiger charge is 2.29. The molecule has 4 nitrogen and oxygen atoms in total. The van der Waals surface area contributed by atoms with Gasteiger partial charge >= 0.3 is 0 Å². The lowest BCUT2D eigenvalue weighted by Crippen LogP contribution is -2.42. The highest BCUT2D eigenvalue weighted by atomic mass is 127. The van der Waals surface area contributed by atoms with Crippen molar-refractivity contribution in [3.8, 4) is 0 Å². The highest BCUT2D eigenvalue weighted by Crippen LogP contribution is 2.22. The van der Waals surface area contributed by atoms with Crippen LogP contribution in [0.1, 0.15) is 38.3 Å². The van der Waals surface area contributed by atoms with E-state index >= 15 is 0 Å². The number of nitrogens with zero attached hydrogens (tertiary/aromatic N) is 3. The Hall–Kier alpha value is -1.08. The zero-order valence-corrected chi connectivity index (χ0v) is 18.9. The van der Waals surface area contributed by atoms with Crippen molar-refractivity contribution < 1.29 is 0 Å². The van der Waals surface area contributed by atoms with E-state index in [4.69, 9.17) is 0 Å². The third-order valence-electron chi connectivity index (χ3n) is 5.31. The van der Waals surface area contributed by atoms with E-state index in [9.17, 15) is 0 Å². The van der Waals surface area contributed by atoms with Crippen LogP contribution in [0.3, 0.4) is 0 Å². The van der Waals surface area contributed by atoms with Crippen LogP contribution in [0.5, 0.6) is 0 Å². The average molecular weight is 468 g/mol. The Kier molecular flexibility index (Phi) is 7.52. The molecule has 5 heteroatoms. The Bertz CT molecular complexity index is 622. The standard InChI is InChI=1S/C21H32N4.HI/c1-21(2,3)18-9-7-17(8-10-18)15-23-20(22-4)25-14-11-19(16-25)24-12-5-6-13-24;/h5-10,19H,11-16H2,1-4H3,(H,22,23);1H. The Balaban J connectivity index is 0.00000243.